The summed E-state index contributed by atoms with van der Waals surface area (Å²) in [4.78, 5) is 0. The number of rotatable bonds is 5. The smallest absolute Gasteiger partial charge is 0.142 e. The van der Waals surface area contributed by atoms with Gasteiger partial charge in [-0.2, -0.15) is 0 Å². The lowest BCUT2D eigenvalue weighted by Gasteiger charge is -2.17. The monoisotopic (exact) mass is 314 g/mol. The number of benzene rings is 2. The van der Waals surface area contributed by atoms with Gasteiger partial charge >= 0.3 is 0 Å². The molecule has 3 N–H and O–H groups in total. The van der Waals surface area contributed by atoms with Gasteiger partial charge in [0.1, 0.15) is 17.5 Å². The Labute approximate surface area is 125 Å². The zero-order valence-corrected chi connectivity index (χ0v) is 11.8. The van der Waals surface area contributed by atoms with E-state index >= 15 is 0 Å². The molecule has 0 saturated carbocycles. The Morgan fingerprint density at radius 2 is 1.52 bits per heavy atom. The van der Waals surface area contributed by atoms with Gasteiger partial charge in [0, 0.05) is 11.6 Å². The van der Waals surface area contributed by atoms with Crippen LogP contribution in [0, 0.1) is 17.5 Å². The Morgan fingerprint density at radius 1 is 0.952 bits per heavy atom. The molecular formula is C15H14ClF3N2. The summed E-state index contributed by atoms with van der Waals surface area (Å²) in [5.74, 6) is 3.61. The predicted octanol–water partition coefficient (Wildman–Crippen LogP) is 3.37. The highest BCUT2D eigenvalue weighted by Gasteiger charge is 2.17. The van der Waals surface area contributed by atoms with Crippen LogP contribution in [0.15, 0.2) is 36.4 Å². The molecule has 2 aromatic rings. The van der Waals surface area contributed by atoms with Crippen LogP contribution in [0.1, 0.15) is 11.1 Å². The van der Waals surface area contributed by atoms with E-state index in [1.807, 2.05) is 0 Å². The molecule has 0 aliphatic carbocycles. The second kappa shape index (κ2) is 6.93. The van der Waals surface area contributed by atoms with E-state index in [9.17, 15) is 13.2 Å². The van der Waals surface area contributed by atoms with Crippen molar-refractivity contribution < 1.29 is 13.2 Å². The largest absolute Gasteiger partial charge is 0.271 e. The predicted molar refractivity (Wildman–Crippen MR) is 76.3 cm³/mol. The lowest BCUT2D eigenvalue weighted by atomic mass is 9.98. The second-order valence-corrected chi connectivity index (χ2v) is 5.06. The van der Waals surface area contributed by atoms with E-state index < -0.39 is 23.5 Å². The number of hydrogen-bond acceptors (Lipinski definition) is 2. The molecule has 2 aromatic carbocycles. The fourth-order valence-electron chi connectivity index (χ4n) is 2.14. The number of halogens is 4. The van der Waals surface area contributed by atoms with Crippen molar-refractivity contribution in [2.24, 2.45) is 5.84 Å². The van der Waals surface area contributed by atoms with Gasteiger partial charge in [-0.05, 0) is 36.6 Å². The Kier molecular flexibility index (Phi) is 5.22. The van der Waals surface area contributed by atoms with Gasteiger partial charge in [0.25, 0.3) is 0 Å². The van der Waals surface area contributed by atoms with E-state index in [-0.39, 0.29) is 23.4 Å². The topological polar surface area (TPSA) is 38.0 Å². The first-order valence-corrected chi connectivity index (χ1v) is 6.72. The first-order valence-electron chi connectivity index (χ1n) is 6.34. The highest BCUT2D eigenvalue weighted by Crippen LogP contribution is 2.22. The molecule has 0 fully saturated rings. The minimum atomic E-state index is -0.638. The van der Waals surface area contributed by atoms with Crippen molar-refractivity contribution in [2.75, 3.05) is 0 Å². The number of nitrogens with one attached hydrogen (secondary N) is 1. The summed E-state index contributed by atoms with van der Waals surface area (Å²) >= 11 is 5.87. The molecule has 0 aliphatic heterocycles. The first-order chi connectivity index (χ1) is 10.0. The molecule has 0 aliphatic rings. The van der Waals surface area contributed by atoms with Crippen molar-refractivity contribution >= 4 is 11.6 Å². The molecule has 2 rings (SSSR count). The molecule has 6 heteroatoms. The Bertz CT molecular complexity index is 614. The van der Waals surface area contributed by atoms with E-state index in [0.29, 0.717) is 5.56 Å². The van der Waals surface area contributed by atoms with Gasteiger partial charge < -0.3 is 0 Å². The number of nitrogens with two attached hydrogens (primary N) is 1. The fraction of sp³-hybridized carbons (Fsp3) is 0.200. The highest BCUT2D eigenvalue weighted by atomic mass is 35.5. The van der Waals surface area contributed by atoms with Crippen LogP contribution in [0.2, 0.25) is 5.02 Å². The van der Waals surface area contributed by atoms with Crippen molar-refractivity contribution in [3.05, 3.63) is 70.0 Å². The average Bonchev–Trinajstić information content (AvgIpc) is 2.46. The van der Waals surface area contributed by atoms with Gasteiger partial charge in [-0.3, -0.25) is 11.3 Å². The van der Waals surface area contributed by atoms with Crippen molar-refractivity contribution in [3.8, 4) is 0 Å². The number of hydrazine groups is 1. The van der Waals surface area contributed by atoms with E-state index in [4.69, 9.17) is 17.4 Å². The maximum Gasteiger partial charge on any atom is 0.142 e. The fourth-order valence-corrected chi connectivity index (χ4v) is 2.34. The van der Waals surface area contributed by atoms with Gasteiger partial charge in [0.05, 0.1) is 5.02 Å². The molecule has 1 atom stereocenters. The Morgan fingerprint density at radius 3 is 2.14 bits per heavy atom. The van der Waals surface area contributed by atoms with Gasteiger partial charge in [0.15, 0.2) is 0 Å². The van der Waals surface area contributed by atoms with Crippen LogP contribution in [0.5, 0.6) is 0 Å². The SMILES string of the molecule is NNC(Cc1cccc(F)c1Cl)Cc1c(F)cccc1F. The summed E-state index contributed by atoms with van der Waals surface area (Å²) in [6.07, 6.45) is 0.280. The second-order valence-electron chi connectivity index (χ2n) is 4.68. The van der Waals surface area contributed by atoms with E-state index in [1.165, 1.54) is 30.3 Å². The van der Waals surface area contributed by atoms with Crippen LogP contribution >= 0.6 is 11.6 Å². The molecule has 1 unspecified atom stereocenters. The molecule has 0 saturated heterocycles. The highest BCUT2D eigenvalue weighted by molar-refractivity contribution is 6.31. The third-order valence-electron chi connectivity index (χ3n) is 3.25. The zero-order valence-electron chi connectivity index (χ0n) is 11.0. The Balaban J connectivity index is 2.19. The molecule has 0 spiro atoms. The van der Waals surface area contributed by atoms with E-state index in [1.54, 1.807) is 6.07 Å². The molecule has 0 aromatic heterocycles. The normalized spacial score (nSPS) is 12.4. The van der Waals surface area contributed by atoms with Gasteiger partial charge in [0.2, 0.25) is 0 Å². The molecular weight excluding hydrogens is 301 g/mol. The standard InChI is InChI=1S/C15H14ClF3N2/c16-15-9(3-1-6-14(15)19)7-10(21-20)8-11-12(17)4-2-5-13(11)18/h1-6,10,21H,7-8,20H2. The van der Waals surface area contributed by atoms with Crippen LogP contribution in [0.3, 0.4) is 0 Å². The average molecular weight is 315 g/mol. The molecule has 0 bridgehead atoms. The maximum absolute atomic E-state index is 13.6. The minimum absolute atomic E-state index is 0.00763. The van der Waals surface area contributed by atoms with Crippen LogP contribution in [0.4, 0.5) is 13.2 Å². The van der Waals surface area contributed by atoms with Crippen LogP contribution in [0.25, 0.3) is 0 Å². The summed E-state index contributed by atoms with van der Waals surface area (Å²) < 4.78 is 40.7. The summed E-state index contributed by atoms with van der Waals surface area (Å²) in [5.41, 5.74) is 2.95. The summed E-state index contributed by atoms with van der Waals surface area (Å²) in [5, 5.41) is -0.00763. The van der Waals surface area contributed by atoms with Gasteiger partial charge in [-0.25, -0.2) is 13.2 Å². The quantitative estimate of drug-likeness (QED) is 0.656. The van der Waals surface area contributed by atoms with Crippen molar-refractivity contribution in [3.63, 3.8) is 0 Å². The van der Waals surface area contributed by atoms with Gasteiger partial charge in [-0.15, -0.1) is 0 Å². The van der Waals surface area contributed by atoms with Crippen LogP contribution < -0.4 is 11.3 Å². The minimum Gasteiger partial charge on any atom is -0.271 e. The molecule has 112 valence electrons. The number of hydrogen-bond donors (Lipinski definition) is 2. The lowest BCUT2D eigenvalue weighted by molar-refractivity contribution is 0.483. The molecule has 0 amide bonds. The summed E-state index contributed by atoms with van der Waals surface area (Å²) in [7, 11) is 0. The van der Waals surface area contributed by atoms with Crippen molar-refractivity contribution in [2.45, 2.75) is 18.9 Å². The van der Waals surface area contributed by atoms with Crippen LogP contribution in [-0.2, 0) is 12.8 Å². The molecule has 0 heterocycles. The summed E-state index contributed by atoms with van der Waals surface area (Å²) in [6.45, 7) is 0. The van der Waals surface area contributed by atoms with Crippen molar-refractivity contribution in [1.29, 1.82) is 0 Å². The van der Waals surface area contributed by atoms with Crippen molar-refractivity contribution in [1.82, 2.24) is 5.43 Å². The van der Waals surface area contributed by atoms with E-state index in [0.717, 1.165) is 0 Å². The third kappa shape index (κ3) is 3.75. The summed E-state index contributed by atoms with van der Waals surface area (Å²) in [6, 6.07) is 7.59. The molecule has 2 nitrogen and oxygen atoms in total. The zero-order chi connectivity index (χ0) is 15.4. The first kappa shape index (κ1) is 15.8. The van der Waals surface area contributed by atoms with Crippen LogP contribution in [-0.4, -0.2) is 6.04 Å². The molecule has 0 radical (unpaired) electrons. The van der Waals surface area contributed by atoms with Gasteiger partial charge in [-0.1, -0.05) is 29.8 Å². The Hall–Kier alpha value is -1.56. The molecule has 21 heavy (non-hydrogen) atoms. The third-order valence-corrected chi connectivity index (χ3v) is 3.67. The lowest BCUT2D eigenvalue weighted by Crippen LogP contribution is -2.39. The maximum atomic E-state index is 13.6. The van der Waals surface area contributed by atoms with E-state index in [2.05, 4.69) is 5.43 Å².